The molecule has 1 heterocycles. The number of amides is 1. The van der Waals surface area contributed by atoms with Crippen LogP contribution >= 0.6 is 0 Å². The van der Waals surface area contributed by atoms with Crippen LogP contribution in [0.2, 0.25) is 0 Å². The Labute approximate surface area is 143 Å². The van der Waals surface area contributed by atoms with Crippen LogP contribution in [-0.4, -0.2) is 56.5 Å². The van der Waals surface area contributed by atoms with Gasteiger partial charge in [0.05, 0.1) is 18.6 Å². The number of ether oxygens (including phenoxy) is 2. The van der Waals surface area contributed by atoms with Gasteiger partial charge in [-0.25, -0.2) is 8.42 Å². The number of rotatable bonds is 6. The van der Waals surface area contributed by atoms with Crippen LogP contribution in [-0.2, 0) is 14.6 Å². The molecular weight excluding hydrogens is 330 g/mol. The van der Waals surface area contributed by atoms with Gasteiger partial charge in [-0.3, -0.25) is 4.79 Å². The number of hydrogen-bond donors (Lipinski definition) is 0. The molecule has 0 radical (unpaired) electrons. The van der Waals surface area contributed by atoms with Gasteiger partial charge in [0.2, 0.25) is 0 Å². The van der Waals surface area contributed by atoms with Crippen molar-refractivity contribution in [1.82, 2.24) is 4.90 Å². The lowest BCUT2D eigenvalue weighted by molar-refractivity contribution is -0.139. The van der Waals surface area contributed by atoms with E-state index in [4.69, 9.17) is 9.47 Å². The van der Waals surface area contributed by atoms with Crippen molar-refractivity contribution in [3.05, 3.63) is 23.8 Å². The topological polar surface area (TPSA) is 72.9 Å². The maximum Gasteiger partial charge on any atom is 0.263 e. The van der Waals surface area contributed by atoms with Crippen molar-refractivity contribution in [3.8, 4) is 11.5 Å². The molecule has 1 saturated heterocycles. The van der Waals surface area contributed by atoms with Crippen molar-refractivity contribution >= 4 is 15.7 Å². The van der Waals surface area contributed by atoms with Gasteiger partial charge in [-0.2, -0.15) is 0 Å². The van der Waals surface area contributed by atoms with Gasteiger partial charge in [0.15, 0.2) is 27.4 Å². The van der Waals surface area contributed by atoms with Gasteiger partial charge in [-0.1, -0.05) is 6.07 Å². The van der Waals surface area contributed by atoms with Gasteiger partial charge in [-0.05, 0) is 44.9 Å². The molecule has 1 aliphatic rings. The van der Waals surface area contributed by atoms with Gasteiger partial charge >= 0.3 is 0 Å². The Balaban J connectivity index is 2.11. The molecule has 2 rings (SSSR count). The first-order valence-electron chi connectivity index (χ1n) is 8.09. The quantitative estimate of drug-likeness (QED) is 0.778. The monoisotopic (exact) mass is 355 g/mol. The van der Waals surface area contributed by atoms with Crippen LogP contribution in [0.4, 0.5) is 0 Å². The average Bonchev–Trinajstić information content (AvgIpc) is 2.89. The maximum absolute atomic E-state index is 12.7. The number of sulfone groups is 1. The molecule has 0 aliphatic carbocycles. The smallest absolute Gasteiger partial charge is 0.263 e. The van der Waals surface area contributed by atoms with Crippen LogP contribution in [0.25, 0.3) is 0 Å². The van der Waals surface area contributed by atoms with Crippen molar-refractivity contribution in [2.24, 2.45) is 0 Å². The summed E-state index contributed by atoms with van der Waals surface area (Å²) in [5, 5.41) is 0. The standard InChI is InChI=1S/C17H25NO5S/c1-5-18(14-8-9-24(20,21)11-14)17(19)13(3)23-15-7-6-12(2)10-16(15)22-4/h6-7,10,13-14H,5,8-9,11H2,1-4H3/t13-,14-/m0/s1. The summed E-state index contributed by atoms with van der Waals surface area (Å²) in [7, 11) is -1.49. The summed E-state index contributed by atoms with van der Waals surface area (Å²) in [5.41, 5.74) is 1.03. The molecule has 0 saturated carbocycles. The number of nitrogens with zero attached hydrogens (tertiary/aromatic N) is 1. The molecule has 134 valence electrons. The van der Waals surface area contributed by atoms with E-state index < -0.39 is 15.9 Å². The highest BCUT2D eigenvalue weighted by molar-refractivity contribution is 7.91. The predicted octanol–water partition coefficient (Wildman–Crippen LogP) is 1.81. The number of methoxy groups -OCH3 is 1. The summed E-state index contributed by atoms with van der Waals surface area (Å²) in [6.45, 7) is 5.92. The van der Waals surface area contributed by atoms with E-state index in [1.165, 1.54) is 0 Å². The highest BCUT2D eigenvalue weighted by Crippen LogP contribution is 2.29. The minimum absolute atomic E-state index is 0.0349. The molecular formula is C17H25NO5S. The molecule has 0 spiro atoms. The first-order valence-corrected chi connectivity index (χ1v) is 9.91. The average molecular weight is 355 g/mol. The zero-order chi connectivity index (χ0) is 17.9. The summed E-state index contributed by atoms with van der Waals surface area (Å²) < 4.78 is 34.4. The lowest BCUT2D eigenvalue weighted by Gasteiger charge is -2.29. The van der Waals surface area contributed by atoms with E-state index in [-0.39, 0.29) is 23.5 Å². The van der Waals surface area contributed by atoms with Gasteiger partial charge in [0.1, 0.15) is 0 Å². The molecule has 0 unspecified atom stereocenters. The molecule has 1 amide bonds. The molecule has 2 atom stereocenters. The Bertz CT molecular complexity index is 701. The summed E-state index contributed by atoms with van der Waals surface area (Å²) in [6.07, 6.45) is -0.229. The molecule has 24 heavy (non-hydrogen) atoms. The highest BCUT2D eigenvalue weighted by Gasteiger charge is 2.35. The fourth-order valence-electron chi connectivity index (χ4n) is 2.96. The number of aryl methyl sites for hydroxylation is 1. The lowest BCUT2D eigenvalue weighted by atomic mass is 10.2. The van der Waals surface area contributed by atoms with Crippen LogP contribution in [0.1, 0.15) is 25.8 Å². The second-order valence-electron chi connectivity index (χ2n) is 6.10. The van der Waals surface area contributed by atoms with E-state index >= 15 is 0 Å². The number of carbonyl (C=O) groups excluding carboxylic acids is 1. The van der Waals surface area contributed by atoms with Crippen molar-refractivity contribution in [2.75, 3.05) is 25.2 Å². The molecule has 6 nitrogen and oxygen atoms in total. The van der Waals surface area contributed by atoms with Gasteiger partial charge < -0.3 is 14.4 Å². The van der Waals surface area contributed by atoms with E-state index in [0.29, 0.717) is 24.5 Å². The van der Waals surface area contributed by atoms with Gasteiger partial charge in [0, 0.05) is 12.6 Å². The van der Waals surface area contributed by atoms with E-state index in [2.05, 4.69) is 0 Å². The summed E-state index contributed by atoms with van der Waals surface area (Å²) in [5.74, 6) is 1.04. The minimum atomic E-state index is -3.04. The summed E-state index contributed by atoms with van der Waals surface area (Å²) >= 11 is 0. The zero-order valence-electron chi connectivity index (χ0n) is 14.6. The normalized spacial score (nSPS) is 20.4. The molecule has 7 heteroatoms. The van der Waals surface area contributed by atoms with Crippen LogP contribution in [0.3, 0.4) is 0 Å². The molecule has 1 aromatic rings. The second kappa shape index (κ2) is 7.42. The van der Waals surface area contributed by atoms with E-state index in [1.54, 1.807) is 25.0 Å². The van der Waals surface area contributed by atoms with Crippen molar-refractivity contribution in [3.63, 3.8) is 0 Å². The molecule has 0 bridgehead atoms. The maximum atomic E-state index is 12.7. The van der Waals surface area contributed by atoms with Crippen LogP contribution in [0, 0.1) is 6.92 Å². The molecule has 1 aromatic carbocycles. The minimum Gasteiger partial charge on any atom is -0.493 e. The number of hydrogen-bond acceptors (Lipinski definition) is 5. The Morgan fingerprint density at radius 3 is 2.62 bits per heavy atom. The molecule has 0 N–H and O–H groups in total. The van der Waals surface area contributed by atoms with Crippen molar-refractivity contribution in [2.45, 2.75) is 39.3 Å². The second-order valence-corrected chi connectivity index (χ2v) is 8.32. The molecule has 1 aliphatic heterocycles. The van der Waals surface area contributed by atoms with E-state index in [1.807, 2.05) is 26.0 Å². The van der Waals surface area contributed by atoms with Crippen molar-refractivity contribution in [1.29, 1.82) is 0 Å². The van der Waals surface area contributed by atoms with Crippen LogP contribution in [0.15, 0.2) is 18.2 Å². The fourth-order valence-corrected chi connectivity index (χ4v) is 4.69. The molecule has 1 fully saturated rings. The largest absolute Gasteiger partial charge is 0.493 e. The third-order valence-electron chi connectivity index (χ3n) is 4.24. The van der Waals surface area contributed by atoms with Gasteiger partial charge in [0.25, 0.3) is 5.91 Å². The first-order chi connectivity index (χ1) is 11.3. The lowest BCUT2D eigenvalue weighted by Crippen LogP contribution is -2.46. The summed E-state index contributed by atoms with van der Waals surface area (Å²) in [4.78, 5) is 14.3. The highest BCUT2D eigenvalue weighted by atomic mass is 32.2. The van der Waals surface area contributed by atoms with E-state index in [0.717, 1.165) is 5.56 Å². The number of carbonyl (C=O) groups is 1. The first kappa shape index (κ1) is 18.6. The Kier molecular flexibility index (Phi) is 5.74. The van der Waals surface area contributed by atoms with Crippen LogP contribution < -0.4 is 9.47 Å². The molecule has 0 aromatic heterocycles. The third kappa shape index (κ3) is 4.20. The van der Waals surface area contributed by atoms with Gasteiger partial charge in [-0.15, -0.1) is 0 Å². The Morgan fingerprint density at radius 2 is 2.08 bits per heavy atom. The van der Waals surface area contributed by atoms with Crippen molar-refractivity contribution < 1.29 is 22.7 Å². The Morgan fingerprint density at radius 1 is 1.38 bits per heavy atom. The SMILES string of the molecule is CCN(C(=O)[C@H](C)Oc1ccc(C)cc1OC)[C@H]1CCS(=O)(=O)C1. The predicted molar refractivity (Wildman–Crippen MR) is 92.3 cm³/mol. The zero-order valence-corrected chi connectivity index (χ0v) is 15.4. The van der Waals surface area contributed by atoms with Crippen LogP contribution in [0.5, 0.6) is 11.5 Å². The fraction of sp³-hybridized carbons (Fsp3) is 0.588. The summed E-state index contributed by atoms with van der Waals surface area (Å²) in [6, 6.07) is 5.23. The number of likely N-dealkylation sites (N-methyl/N-ethyl adjacent to an activating group) is 1. The number of benzene rings is 1. The third-order valence-corrected chi connectivity index (χ3v) is 5.99. The Hall–Kier alpha value is -1.76. The van der Waals surface area contributed by atoms with E-state index in [9.17, 15) is 13.2 Å².